The van der Waals surface area contributed by atoms with E-state index in [9.17, 15) is 9.59 Å². The van der Waals surface area contributed by atoms with Crippen molar-refractivity contribution >= 4 is 17.6 Å². The van der Waals surface area contributed by atoms with E-state index in [0.29, 0.717) is 30.6 Å². The predicted molar refractivity (Wildman–Crippen MR) is 100 cm³/mol. The van der Waals surface area contributed by atoms with Crippen LogP contribution in [0.25, 0.3) is 0 Å². The number of likely N-dealkylation sites (tertiary alicyclic amines) is 1. The monoisotopic (exact) mass is 359 g/mol. The van der Waals surface area contributed by atoms with E-state index in [1.807, 2.05) is 22.8 Å². The van der Waals surface area contributed by atoms with Gasteiger partial charge in [0.15, 0.2) is 0 Å². The number of carbonyl (C=O) groups is 2. The molecule has 1 unspecified atom stereocenters. The SMILES string of the molecule is CCC1CCCCN1C(=O)c1cc(N2CCN(C(C)=O)CC2)nc(C)n1. The molecule has 1 atom stereocenters. The molecule has 3 heterocycles. The molecule has 0 aliphatic carbocycles. The molecule has 0 radical (unpaired) electrons. The first-order valence-electron chi connectivity index (χ1n) is 9.66. The van der Waals surface area contributed by atoms with Crippen LogP contribution in [0.15, 0.2) is 6.07 Å². The lowest BCUT2D eigenvalue weighted by atomic mass is 9.99. The first-order valence-corrected chi connectivity index (χ1v) is 9.66. The van der Waals surface area contributed by atoms with Crippen LogP contribution in [0.5, 0.6) is 0 Å². The number of piperazine rings is 1. The van der Waals surface area contributed by atoms with Gasteiger partial charge in [-0.25, -0.2) is 9.97 Å². The molecule has 2 amide bonds. The summed E-state index contributed by atoms with van der Waals surface area (Å²) >= 11 is 0. The van der Waals surface area contributed by atoms with E-state index in [2.05, 4.69) is 21.8 Å². The average Bonchev–Trinajstić information content (AvgIpc) is 2.67. The lowest BCUT2D eigenvalue weighted by molar-refractivity contribution is -0.129. The topological polar surface area (TPSA) is 69.6 Å². The minimum Gasteiger partial charge on any atom is -0.353 e. The summed E-state index contributed by atoms with van der Waals surface area (Å²) in [5.74, 6) is 1.53. The number of rotatable bonds is 3. The summed E-state index contributed by atoms with van der Waals surface area (Å²) < 4.78 is 0. The van der Waals surface area contributed by atoms with Crippen molar-refractivity contribution in [2.75, 3.05) is 37.6 Å². The Morgan fingerprint density at radius 3 is 2.50 bits per heavy atom. The molecule has 0 N–H and O–H groups in total. The van der Waals surface area contributed by atoms with Crippen molar-refractivity contribution in [3.05, 3.63) is 17.6 Å². The van der Waals surface area contributed by atoms with E-state index >= 15 is 0 Å². The van der Waals surface area contributed by atoms with E-state index in [-0.39, 0.29) is 11.8 Å². The highest BCUT2D eigenvalue weighted by Gasteiger charge is 2.28. The second kappa shape index (κ2) is 8.01. The van der Waals surface area contributed by atoms with Gasteiger partial charge in [0, 0.05) is 51.8 Å². The molecule has 7 heteroatoms. The smallest absolute Gasteiger partial charge is 0.272 e. The van der Waals surface area contributed by atoms with Gasteiger partial charge in [-0.1, -0.05) is 6.92 Å². The number of hydrogen-bond donors (Lipinski definition) is 0. The van der Waals surface area contributed by atoms with E-state index in [1.54, 1.807) is 6.92 Å². The minimum absolute atomic E-state index is 0.0191. The predicted octanol–water partition coefficient (Wildman–Crippen LogP) is 1.86. The summed E-state index contributed by atoms with van der Waals surface area (Å²) in [5.41, 5.74) is 0.488. The molecular formula is C19H29N5O2. The fourth-order valence-electron chi connectivity index (χ4n) is 3.91. The molecule has 142 valence electrons. The van der Waals surface area contributed by atoms with Gasteiger partial charge >= 0.3 is 0 Å². The fourth-order valence-corrected chi connectivity index (χ4v) is 3.91. The molecule has 0 bridgehead atoms. The molecule has 0 spiro atoms. The Hall–Kier alpha value is -2.18. The number of piperidine rings is 1. The number of hydrogen-bond acceptors (Lipinski definition) is 5. The number of carbonyl (C=O) groups excluding carboxylic acids is 2. The van der Waals surface area contributed by atoms with Gasteiger partial charge in [-0.2, -0.15) is 0 Å². The maximum Gasteiger partial charge on any atom is 0.272 e. The van der Waals surface area contributed by atoms with Crippen LogP contribution in [-0.4, -0.2) is 70.3 Å². The normalized spacial score (nSPS) is 21.0. The van der Waals surface area contributed by atoms with Crippen molar-refractivity contribution in [1.29, 1.82) is 0 Å². The number of aryl methyl sites for hydroxylation is 1. The molecule has 2 saturated heterocycles. The van der Waals surface area contributed by atoms with Crippen molar-refractivity contribution in [3.63, 3.8) is 0 Å². The van der Waals surface area contributed by atoms with Gasteiger partial charge in [0.1, 0.15) is 17.3 Å². The van der Waals surface area contributed by atoms with Crippen molar-refractivity contribution in [2.24, 2.45) is 0 Å². The summed E-state index contributed by atoms with van der Waals surface area (Å²) in [7, 11) is 0. The zero-order valence-electron chi connectivity index (χ0n) is 16.1. The van der Waals surface area contributed by atoms with Crippen molar-refractivity contribution in [1.82, 2.24) is 19.8 Å². The fraction of sp³-hybridized carbons (Fsp3) is 0.684. The van der Waals surface area contributed by atoms with Crippen LogP contribution in [-0.2, 0) is 4.79 Å². The lowest BCUT2D eigenvalue weighted by Gasteiger charge is -2.36. The average molecular weight is 359 g/mol. The van der Waals surface area contributed by atoms with E-state index in [0.717, 1.165) is 44.7 Å². The highest BCUT2D eigenvalue weighted by Crippen LogP contribution is 2.23. The van der Waals surface area contributed by atoms with Gasteiger partial charge in [-0.15, -0.1) is 0 Å². The zero-order valence-corrected chi connectivity index (χ0v) is 16.1. The summed E-state index contributed by atoms with van der Waals surface area (Å²) in [5, 5.41) is 0. The molecular weight excluding hydrogens is 330 g/mol. The minimum atomic E-state index is 0.0191. The first kappa shape index (κ1) is 18.6. The van der Waals surface area contributed by atoms with Gasteiger partial charge in [0.2, 0.25) is 5.91 Å². The highest BCUT2D eigenvalue weighted by atomic mass is 16.2. The van der Waals surface area contributed by atoms with Gasteiger partial charge in [0.05, 0.1) is 0 Å². The van der Waals surface area contributed by atoms with Crippen LogP contribution in [0.2, 0.25) is 0 Å². The highest BCUT2D eigenvalue weighted by molar-refractivity contribution is 5.93. The first-order chi connectivity index (χ1) is 12.5. The van der Waals surface area contributed by atoms with Crippen molar-refractivity contribution in [3.8, 4) is 0 Å². The molecule has 0 saturated carbocycles. The standard InChI is InChI=1S/C19H29N5O2/c1-4-16-7-5-6-8-24(16)19(26)17-13-18(21-14(2)20-17)23-11-9-22(10-12-23)15(3)25/h13,16H,4-12H2,1-3H3. The summed E-state index contributed by atoms with van der Waals surface area (Å²) in [6, 6.07) is 2.13. The maximum atomic E-state index is 13.1. The Morgan fingerprint density at radius 2 is 1.85 bits per heavy atom. The number of aromatic nitrogens is 2. The zero-order chi connectivity index (χ0) is 18.7. The Bertz CT molecular complexity index is 670. The molecule has 3 rings (SSSR count). The van der Waals surface area contributed by atoms with Gasteiger partial charge in [-0.05, 0) is 32.6 Å². The second-order valence-corrected chi connectivity index (χ2v) is 7.21. The largest absolute Gasteiger partial charge is 0.353 e. The van der Waals surface area contributed by atoms with E-state index in [4.69, 9.17) is 0 Å². The van der Waals surface area contributed by atoms with Crippen LogP contribution in [0.1, 0.15) is 55.8 Å². The molecule has 0 aromatic carbocycles. The van der Waals surface area contributed by atoms with Crippen LogP contribution in [0.4, 0.5) is 5.82 Å². The Balaban J connectivity index is 1.77. The van der Waals surface area contributed by atoms with Crippen molar-refractivity contribution in [2.45, 2.75) is 52.5 Å². The second-order valence-electron chi connectivity index (χ2n) is 7.21. The van der Waals surface area contributed by atoms with E-state index < -0.39 is 0 Å². The Kier molecular flexibility index (Phi) is 5.74. The Labute approximate surface area is 155 Å². The number of amides is 2. The summed E-state index contributed by atoms with van der Waals surface area (Å²) in [6.07, 6.45) is 4.31. The molecule has 2 aliphatic heterocycles. The van der Waals surface area contributed by atoms with E-state index in [1.165, 1.54) is 6.42 Å². The maximum absolute atomic E-state index is 13.1. The third-order valence-corrected chi connectivity index (χ3v) is 5.45. The van der Waals surface area contributed by atoms with Crippen molar-refractivity contribution < 1.29 is 9.59 Å². The van der Waals surface area contributed by atoms with Crippen LogP contribution >= 0.6 is 0 Å². The third-order valence-electron chi connectivity index (χ3n) is 5.45. The van der Waals surface area contributed by atoms with Crippen LogP contribution in [0, 0.1) is 6.92 Å². The molecule has 2 fully saturated rings. The molecule has 1 aromatic rings. The van der Waals surface area contributed by atoms with Gasteiger partial charge in [-0.3, -0.25) is 9.59 Å². The van der Waals surface area contributed by atoms with Crippen LogP contribution in [0.3, 0.4) is 0 Å². The number of nitrogens with zero attached hydrogens (tertiary/aromatic N) is 5. The molecule has 7 nitrogen and oxygen atoms in total. The molecule has 2 aliphatic rings. The van der Waals surface area contributed by atoms with Gasteiger partial charge < -0.3 is 14.7 Å². The summed E-state index contributed by atoms with van der Waals surface area (Å²) in [4.78, 5) is 39.5. The quantitative estimate of drug-likeness (QED) is 0.824. The Morgan fingerprint density at radius 1 is 1.12 bits per heavy atom. The van der Waals surface area contributed by atoms with Gasteiger partial charge in [0.25, 0.3) is 5.91 Å². The molecule has 1 aromatic heterocycles. The lowest BCUT2D eigenvalue weighted by Crippen LogP contribution is -2.48. The number of anilines is 1. The molecule has 26 heavy (non-hydrogen) atoms. The third kappa shape index (κ3) is 3.97. The van der Waals surface area contributed by atoms with Crippen LogP contribution < -0.4 is 4.90 Å². The summed E-state index contributed by atoms with van der Waals surface area (Å²) in [6.45, 7) is 9.21.